The Balaban J connectivity index is 1.94. The Morgan fingerprint density at radius 3 is 2.66 bits per heavy atom. The lowest BCUT2D eigenvalue weighted by Crippen LogP contribution is -2.43. The number of rotatable bonds is 9. The van der Waals surface area contributed by atoms with Gasteiger partial charge in [0.15, 0.2) is 0 Å². The second kappa shape index (κ2) is 10.8. The van der Waals surface area contributed by atoms with Crippen LogP contribution in [0.15, 0.2) is 24.3 Å². The van der Waals surface area contributed by atoms with Crippen molar-refractivity contribution in [2.75, 3.05) is 38.3 Å². The molecule has 158 valence electrons. The lowest BCUT2D eigenvalue weighted by atomic mass is 10.2. The van der Waals surface area contributed by atoms with Gasteiger partial charge in [-0.25, -0.2) is 0 Å². The molecule has 1 aromatic carbocycles. The van der Waals surface area contributed by atoms with Crippen LogP contribution in [-0.4, -0.2) is 66.9 Å². The minimum absolute atomic E-state index is 0.0398. The van der Waals surface area contributed by atoms with Gasteiger partial charge in [0.25, 0.3) is 0 Å². The zero-order chi connectivity index (χ0) is 21.4. The van der Waals surface area contributed by atoms with Crippen LogP contribution in [0, 0.1) is 0 Å². The van der Waals surface area contributed by atoms with Crippen molar-refractivity contribution in [2.45, 2.75) is 32.6 Å². The fourth-order valence-electron chi connectivity index (χ4n) is 3.05. The minimum atomic E-state index is -0.368. The molecule has 0 radical (unpaired) electrons. The van der Waals surface area contributed by atoms with Gasteiger partial charge in [-0.2, -0.15) is 0 Å². The van der Waals surface area contributed by atoms with E-state index < -0.39 is 0 Å². The van der Waals surface area contributed by atoms with Gasteiger partial charge in [-0.15, -0.1) is 0 Å². The molecule has 1 aliphatic rings. The minimum Gasteiger partial charge on any atom is -0.469 e. The monoisotopic (exact) mass is 423 g/mol. The van der Waals surface area contributed by atoms with Gasteiger partial charge in [-0.3, -0.25) is 24.1 Å². The Morgan fingerprint density at radius 2 is 2.00 bits per heavy atom. The van der Waals surface area contributed by atoms with Crippen LogP contribution in [0.2, 0.25) is 5.02 Å². The van der Waals surface area contributed by atoms with Crippen molar-refractivity contribution in [1.82, 2.24) is 9.80 Å². The summed E-state index contributed by atoms with van der Waals surface area (Å²) in [5, 5.41) is 0.506. The number of esters is 1. The lowest BCUT2D eigenvalue weighted by Gasteiger charge is -2.25. The summed E-state index contributed by atoms with van der Waals surface area (Å²) in [6.45, 7) is 2.33. The van der Waals surface area contributed by atoms with Gasteiger partial charge in [0, 0.05) is 30.1 Å². The maximum atomic E-state index is 12.7. The van der Waals surface area contributed by atoms with Crippen molar-refractivity contribution in [3.63, 3.8) is 0 Å². The molecule has 1 aromatic rings. The molecule has 0 unspecified atom stereocenters. The van der Waals surface area contributed by atoms with Crippen LogP contribution in [0.3, 0.4) is 0 Å². The quantitative estimate of drug-likeness (QED) is 0.567. The number of hydrogen-bond donors (Lipinski definition) is 0. The number of amides is 3. The Labute approximate surface area is 175 Å². The van der Waals surface area contributed by atoms with Crippen molar-refractivity contribution in [2.24, 2.45) is 0 Å². The second-order valence-electron chi connectivity index (χ2n) is 6.78. The predicted octanol–water partition coefficient (Wildman–Crippen LogP) is 2.05. The molecule has 0 aromatic heterocycles. The number of benzene rings is 1. The number of anilines is 1. The van der Waals surface area contributed by atoms with Crippen LogP contribution in [0.5, 0.6) is 0 Å². The van der Waals surface area contributed by atoms with Gasteiger partial charge in [0.05, 0.1) is 13.7 Å². The number of carbonyl (C=O) groups excluding carboxylic acids is 4. The predicted molar refractivity (Wildman–Crippen MR) is 108 cm³/mol. The summed E-state index contributed by atoms with van der Waals surface area (Å²) in [6.07, 6.45) is 1.38. The van der Waals surface area contributed by atoms with Crippen molar-refractivity contribution in [1.29, 1.82) is 0 Å². The molecule has 9 heteroatoms. The van der Waals surface area contributed by atoms with Crippen molar-refractivity contribution in [3.05, 3.63) is 29.3 Å². The third kappa shape index (κ3) is 6.45. The highest BCUT2D eigenvalue weighted by Crippen LogP contribution is 2.23. The Hall–Kier alpha value is -2.61. The summed E-state index contributed by atoms with van der Waals surface area (Å²) in [7, 11) is 1.30. The summed E-state index contributed by atoms with van der Waals surface area (Å²) in [6, 6.07) is 6.88. The molecule has 0 aliphatic carbocycles. The van der Waals surface area contributed by atoms with Crippen molar-refractivity contribution < 1.29 is 23.9 Å². The molecular formula is C20H26ClN3O5. The van der Waals surface area contributed by atoms with Gasteiger partial charge in [-0.1, -0.05) is 24.6 Å². The highest BCUT2D eigenvalue weighted by Gasteiger charge is 2.32. The number of halogens is 1. The number of ether oxygens (including phenoxy) is 1. The molecule has 1 heterocycles. The first-order valence-corrected chi connectivity index (χ1v) is 9.91. The molecule has 0 bridgehead atoms. The summed E-state index contributed by atoms with van der Waals surface area (Å²) in [4.78, 5) is 53.1. The van der Waals surface area contributed by atoms with E-state index >= 15 is 0 Å². The first kappa shape index (κ1) is 22.7. The molecule has 0 N–H and O–H groups in total. The van der Waals surface area contributed by atoms with E-state index in [0.717, 1.165) is 0 Å². The summed E-state index contributed by atoms with van der Waals surface area (Å²) >= 11 is 5.99. The van der Waals surface area contributed by atoms with Gasteiger partial charge >= 0.3 is 5.97 Å². The molecule has 0 spiro atoms. The van der Waals surface area contributed by atoms with Gasteiger partial charge < -0.3 is 14.5 Å². The standard InChI is InChI=1S/C20H26ClN3O5/c1-3-10-22(17(25)8-5-9-20(28)29-2)12-18(26)23-13-19(27)24(14-23)16-7-4-6-15(21)11-16/h4,6-7,11H,3,5,8-10,12-14H2,1-2H3. The molecule has 0 saturated carbocycles. The zero-order valence-corrected chi connectivity index (χ0v) is 17.5. The fraction of sp³-hybridized carbons (Fsp3) is 0.500. The average molecular weight is 424 g/mol. The number of hydrogen-bond acceptors (Lipinski definition) is 5. The van der Waals surface area contributed by atoms with Crippen LogP contribution in [-0.2, 0) is 23.9 Å². The highest BCUT2D eigenvalue weighted by atomic mass is 35.5. The van der Waals surface area contributed by atoms with E-state index in [1.165, 1.54) is 21.8 Å². The first-order valence-electron chi connectivity index (χ1n) is 9.54. The molecule has 3 amide bonds. The van der Waals surface area contributed by atoms with E-state index in [9.17, 15) is 19.2 Å². The molecule has 0 atom stereocenters. The Morgan fingerprint density at radius 1 is 1.24 bits per heavy atom. The smallest absolute Gasteiger partial charge is 0.305 e. The van der Waals surface area contributed by atoms with Crippen LogP contribution < -0.4 is 4.90 Å². The van der Waals surface area contributed by atoms with Crippen LogP contribution in [0.25, 0.3) is 0 Å². The maximum absolute atomic E-state index is 12.7. The lowest BCUT2D eigenvalue weighted by molar-refractivity contribution is -0.142. The molecular weight excluding hydrogens is 398 g/mol. The normalized spacial score (nSPS) is 13.6. The fourth-order valence-corrected chi connectivity index (χ4v) is 3.24. The summed E-state index contributed by atoms with van der Waals surface area (Å²) in [5.74, 6) is -1.06. The summed E-state index contributed by atoms with van der Waals surface area (Å²) in [5.41, 5.74) is 0.627. The highest BCUT2D eigenvalue weighted by molar-refractivity contribution is 6.31. The third-order valence-electron chi connectivity index (χ3n) is 4.58. The van der Waals surface area contributed by atoms with E-state index in [1.54, 1.807) is 24.3 Å². The summed E-state index contributed by atoms with van der Waals surface area (Å²) < 4.78 is 4.57. The Bertz CT molecular complexity index is 770. The molecule has 1 aliphatic heterocycles. The van der Waals surface area contributed by atoms with Crippen LogP contribution >= 0.6 is 11.6 Å². The largest absolute Gasteiger partial charge is 0.469 e. The topological polar surface area (TPSA) is 87.2 Å². The molecule has 29 heavy (non-hydrogen) atoms. The molecule has 1 fully saturated rings. The Kier molecular flexibility index (Phi) is 8.45. The zero-order valence-electron chi connectivity index (χ0n) is 16.7. The van der Waals surface area contributed by atoms with Gasteiger partial charge in [0.2, 0.25) is 17.7 Å². The molecule has 2 rings (SSSR count). The number of carbonyl (C=O) groups is 4. The van der Waals surface area contributed by atoms with E-state index in [1.807, 2.05) is 6.92 Å². The van der Waals surface area contributed by atoms with Crippen molar-refractivity contribution in [3.8, 4) is 0 Å². The van der Waals surface area contributed by atoms with Crippen LogP contribution in [0.1, 0.15) is 32.6 Å². The molecule has 8 nitrogen and oxygen atoms in total. The molecule has 1 saturated heterocycles. The van der Waals surface area contributed by atoms with E-state index in [0.29, 0.717) is 30.1 Å². The number of methoxy groups -OCH3 is 1. The van der Waals surface area contributed by atoms with Crippen molar-refractivity contribution >= 4 is 41.0 Å². The van der Waals surface area contributed by atoms with E-state index in [-0.39, 0.29) is 56.3 Å². The maximum Gasteiger partial charge on any atom is 0.305 e. The van der Waals surface area contributed by atoms with E-state index in [4.69, 9.17) is 11.6 Å². The van der Waals surface area contributed by atoms with E-state index in [2.05, 4.69) is 4.74 Å². The third-order valence-corrected chi connectivity index (χ3v) is 4.82. The second-order valence-corrected chi connectivity index (χ2v) is 7.22. The van der Waals surface area contributed by atoms with Gasteiger partial charge in [-0.05, 0) is 31.0 Å². The first-order chi connectivity index (χ1) is 13.8. The van der Waals surface area contributed by atoms with Gasteiger partial charge in [0.1, 0.15) is 13.2 Å². The van der Waals surface area contributed by atoms with Crippen LogP contribution in [0.4, 0.5) is 5.69 Å². The number of nitrogens with zero attached hydrogens (tertiary/aromatic N) is 3. The average Bonchev–Trinajstić information content (AvgIpc) is 3.09. The SMILES string of the molecule is CCCN(CC(=O)N1CC(=O)N(c2cccc(Cl)c2)C1)C(=O)CCCC(=O)OC.